The Morgan fingerprint density at radius 1 is 1.53 bits per heavy atom. The fourth-order valence-electron chi connectivity index (χ4n) is 1.54. The molecule has 0 aliphatic heterocycles. The Morgan fingerprint density at radius 2 is 2.29 bits per heavy atom. The first-order chi connectivity index (χ1) is 8.13. The third-order valence-corrected chi connectivity index (χ3v) is 2.46. The van der Waals surface area contributed by atoms with Crippen LogP contribution < -0.4 is 5.73 Å². The molecular weight excluding hydrogens is 222 g/mol. The lowest BCUT2D eigenvalue weighted by Crippen LogP contribution is -2.08. The van der Waals surface area contributed by atoms with E-state index < -0.39 is 4.92 Å². The quantitative estimate of drug-likeness (QED) is 0.628. The second-order valence-corrected chi connectivity index (χ2v) is 3.57. The van der Waals surface area contributed by atoms with Crippen LogP contribution in [-0.4, -0.2) is 19.9 Å². The Hall–Kier alpha value is -2.28. The number of non-ortho nitro benzene ring substituents is 1. The molecule has 0 spiro atoms. The van der Waals surface area contributed by atoms with Crippen LogP contribution in [0, 0.1) is 17.0 Å². The molecule has 2 aromatic rings. The summed E-state index contributed by atoms with van der Waals surface area (Å²) in [6.07, 6.45) is 1.54. The van der Waals surface area contributed by atoms with Gasteiger partial charge in [-0.3, -0.25) is 10.1 Å². The first-order valence-corrected chi connectivity index (χ1v) is 4.98. The van der Waals surface area contributed by atoms with Crippen molar-refractivity contribution >= 4 is 5.69 Å². The van der Waals surface area contributed by atoms with Crippen molar-refractivity contribution in [2.75, 3.05) is 0 Å². The fourth-order valence-corrected chi connectivity index (χ4v) is 1.54. The van der Waals surface area contributed by atoms with E-state index in [-0.39, 0.29) is 12.2 Å². The number of benzene rings is 1. The van der Waals surface area contributed by atoms with Gasteiger partial charge in [-0.15, -0.1) is 5.10 Å². The van der Waals surface area contributed by atoms with Crippen molar-refractivity contribution in [2.24, 2.45) is 5.73 Å². The van der Waals surface area contributed by atoms with Crippen molar-refractivity contribution < 1.29 is 4.92 Å². The summed E-state index contributed by atoms with van der Waals surface area (Å²) >= 11 is 0. The van der Waals surface area contributed by atoms with Crippen molar-refractivity contribution in [3.63, 3.8) is 0 Å². The molecule has 17 heavy (non-hydrogen) atoms. The fraction of sp³-hybridized carbons (Fsp3) is 0.200. The second kappa shape index (κ2) is 4.30. The molecule has 7 nitrogen and oxygen atoms in total. The number of rotatable bonds is 3. The number of aromatic nitrogens is 3. The van der Waals surface area contributed by atoms with Crippen molar-refractivity contribution in [3.8, 4) is 5.69 Å². The van der Waals surface area contributed by atoms with E-state index >= 15 is 0 Å². The molecule has 0 amide bonds. The molecular formula is C10H11N5O2. The lowest BCUT2D eigenvalue weighted by molar-refractivity contribution is -0.384. The van der Waals surface area contributed by atoms with Gasteiger partial charge in [0.2, 0.25) is 0 Å². The largest absolute Gasteiger partial charge is 0.325 e. The van der Waals surface area contributed by atoms with Gasteiger partial charge in [-0.1, -0.05) is 11.3 Å². The Kier molecular flexibility index (Phi) is 2.84. The van der Waals surface area contributed by atoms with Crippen molar-refractivity contribution in [1.82, 2.24) is 15.0 Å². The van der Waals surface area contributed by atoms with E-state index in [2.05, 4.69) is 10.3 Å². The summed E-state index contributed by atoms with van der Waals surface area (Å²) in [7, 11) is 0. The van der Waals surface area contributed by atoms with Crippen molar-refractivity contribution in [2.45, 2.75) is 13.5 Å². The van der Waals surface area contributed by atoms with Gasteiger partial charge in [0.25, 0.3) is 5.69 Å². The van der Waals surface area contributed by atoms with Gasteiger partial charge in [-0.2, -0.15) is 0 Å². The maximum atomic E-state index is 10.7. The summed E-state index contributed by atoms with van der Waals surface area (Å²) in [6.45, 7) is 2.12. The maximum absolute atomic E-state index is 10.7. The number of hydrogen-bond donors (Lipinski definition) is 1. The molecule has 7 heteroatoms. The Morgan fingerprint density at radius 3 is 2.94 bits per heavy atom. The topological polar surface area (TPSA) is 99.9 Å². The van der Waals surface area contributed by atoms with Gasteiger partial charge in [0.1, 0.15) is 0 Å². The van der Waals surface area contributed by atoms with E-state index in [1.165, 1.54) is 23.0 Å². The van der Waals surface area contributed by atoms with Crippen LogP contribution in [0.25, 0.3) is 5.69 Å². The van der Waals surface area contributed by atoms with Crippen LogP contribution in [0.1, 0.15) is 11.3 Å². The highest BCUT2D eigenvalue weighted by Gasteiger charge is 2.12. The molecule has 0 fully saturated rings. The van der Waals surface area contributed by atoms with Crippen molar-refractivity contribution in [3.05, 3.63) is 45.8 Å². The zero-order valence-electron chi connectivity index (χ0n) is 9.20. The van der Waals surface area contributed by atoms with Crippen LogP contribution in [0.15, 0.2) is 24.4 Å². The van der Waals surface area contributed by atoms with Crippen LogP contribution in [0.5, 0.6) is 0 Å². The predicted octanol–water partition coefficient (Wildman–Crippen LogP) is 0.943. The summed E-state index contributed by atoms with van der Waals surface area (Å²) in [5.74, 6) is 0. The van der Waals surface area contributed by atoms with Crippen LogP contribution in [0.3, 0.4) is 0 Å². The number of nitro groups is 1. The smallest absolute Gasteiger partial charge is 0.271 e. The summed E-state index contributed by atoms with van der Waals surface area (Å²) in [4.78, 5) is 10.3. The predicted molar refractivity (Wildman–Crippen MR) is 60.6 cm³/mol. The average molecular weight is 233 g/mol. The minimum atomic E-state index is -0.442. The standard InChI is InChI=1S/C10H11N5O2/c1-7-2-3-8(15(16)17)4-10(7)14-9(5-11)6-12-13-14/h2-4,6H,5,11H2,1H3. The molecule has 0 bridgehead atoms. The average Bonchev–Trinajstić information content (AvgIpc) is 2.77. The zero-order valence-corrected chi connectivity index (χ0v) is 9.20. The maximum Gasteiger partial charge on any atom is 0.271 e. The van der Waals surface area contributed by atoms with Gasteiger partial charge in [-0.05, 0) is 12.5 Å². The molecule has 88 valence electrons. The minimum absolute atomic E-state index is 0.0177. The highest BCUT2D eigenvalue weighted by atomic mass is 16.6. The first-order valence-electron chi connectivity index (χ1n) is 4.98. The molecule has 1 aromatic carbocycles. The highest BCUT2D eigenvalue weighted by molar-refractivity contribution is 5.48. The normalized spacial score (nSPS) is 10.5. The van der Waals surface area contributed by atoms with Crippen LogP contribution in [-0.2, 0) is 6.54 Å². The molecule has 0 saturated carbocycles. The Labute approximate surface area is 97.0 Å². The molecule has 0 aliphatic rings. The van der Waals surface area contributed by atoms with Crippen LogP contribution in [0.4, 0.5) is 5.69 Å². The number of nitrogens with zero attached hydrogens (tertiary/aromatic N) is 4. The number of hydrogen-bond acceptors (Lipinski definition) is 5. The van der Waals surface area contributed by atoms with Gasteiger partial charge in [0.15, 0.2) is 0 Å². The Bertz CT molecular complexity index is 564. The summed E-state index contributed by atoms with van der Waals surface area (Å²) < 4.78 is 1.52. The van der Waals surface area contributed by atoms with E-state index in [0.717, 1.165) is 5.56 Å². The molecule has 2 rings (SSSR count). The lowest BCUT2D eigenvalue weighted by Gasteiger charge is -2.07. The van der Waals surface area contributed by atoms with Crippen LogP contribution in [0.2, 0.25) is 0 Å². The summed E-state index contributed by atoms with van der Waals surface area (Å²) in [5, 5.41) is 18.4. The number of nitrogens with two attached hydrogens (primary N) is 1. The van der Waals surface area contributed by atoms with Crippen molar-refractivity contribution in [1.29, 1.82) is 0 Å². The van der Waals surface area contributed by atoms with E-state index in [1.54, 1.807) is 6.07 Å². The van der Waals surface area contributed by atoms with Crippen LogP contribution >= 0.6 is 0 Å². The molecule has 1 aromatic heterocycles. The number of nitro benzene ring substituents is 1. The van der Waals surface area contributed by atoms with E-state index in [4.69, 9.17) is 5.73 Å². The minimum Gasteiger partial charge on any atom is -0.325 e. The molecule has 2 N–H and O–H groups in total. The third kappa shape index (κ3) is 2.00. The van der Waals surface area contributed by atoms with E-state index in [0.29, 0.717) is 11.4 Å². The van der Waals surface area contributed by atoms with E-state index in [9.17, 15) is 10.1 Å². The SMILES string of the molecule is Cc1ccc([N+](=O)[O-])cc1-n1nncc1CN. The van der Waals surface area contributed by atoms with Gasteiger partial charge in [0, 0.05) is 18.7 Å². The van der Waals surface area contributed by atoms with Gasteiger partial charge >= 0.3 is 0 Å². The van der Waals surface area contributed by atoms with E-state index in [1.807, 2.05) is 6.92 Å². The monoisotopic (exact) mass is 233 g/mol. The molecule has 0 atom stereocenters. The molecule has 0 aliphatic carbocycles. The Balaban J connectivity index is 2.58. The van der Waals surface area contributed by atoms with Gasteiger partial charge in [0.05, 0.1) is 22.5 Å². The highest BCUT2D eigenvalue weighted by Crippen LogP contribution is 2.21. The summed E-state index contributed by atoms with van der Waals surface area (Å²) in [5.41, 5.74) is 7.76. The summed E-state index contributed by atoms with van der Waals surface area (Å²) in [6, 6.07) is 4.59. The molecule has 1 heterocycles. The third-order valence-electron chi connectivity index (χ3n) is 2.46. The number of aryl methyl sites for hydroxylation is 1. The second-order valence-electron chi connectivity index (χ2n) is 3.57. The van der Waals surface area contributed by atoms with Gasteiger partial charge in [-0.25, -0.2) is 4.68 Å². The first kappa shape index (κ1) is 11.2. The molecule has 0 radical (unpaired) electrons. The molecule has 0 saturated heterocycles. The molecule has 0 unspecified atom stereocenters. The zero-order chi connectivity index (χ0) is 12.4. The lowest BCUT2D eigenvalue weighted by atomic mass is 10.2. The van der Waals surface area contributed by atoms with Gasteiger partial charge < -0.3 is 5.73 Å².